The zero-order valence-corrected chi connectivity index (χ0v) is 8.39. The smallest absolute Gasteiger partial charge is 0.303 e. The molecular formula is C9H16O6. The predicted molar refractivity (Wildman–Crippen MR) is 50.6 cm³/mol. The molecule has 6 nitrogen and oxygen atoms in total. The van der Waals surface area contributed by atoms with Crippen LogP contribution in [0.15, 0.2) is 0 Å². The minimum Gasteiger partial charge on any atom is -0.481 e. The van der Waals surface area contributed by atoms with Gasteiger partial charge in [-0.3, -0.25) is 9.59 Å². The standard InChI is InChI=1S/C6H10O4.C3H6O2/c7-5(8)3-1-2-4-6(9)10;4-1-3-2-5-3/h1-4H2,(H,7,8)(H,9,10);3-4H,1-2H2. The average molecular weight is 220 g/mol. The number of carboxylic acids is 2. The Bertz CT molecular complexity index is 183. The van der Waals surface area contributed by atoms with Gasteiger partial charge in [0, 0.05) is 12.8 Å². The number of aliphatic hydroxyl groups excluding tert-OH is 1. The van der Waals surface area contributed by atoms with Crippen molar-refractivity contribution in [3.8, 4) is 0 Å². The number of hydrogen-bond acceptors (Lipinski definition) is 4. The molecule has 0 aromatic rings. The maximum Gasteiger partial charge on any atom is 0.303 e. The number of hydrogen-bond donors (Lipinski definition) is 3. The highest BCUT2D eigenvalue weighted by Gasteiger charge is 2.19. The van der Waals surface area contributed by atoms with E-state index in [0.29, 0.717) is 12.8 Å². The van der Waals surface area contributed by atoms with Crippen LogP contribution in [0.1, 0.15) is 25.7 Å². The Hall–Kier alpha value is -1.14. The third-order valence-electron chi connectivity index (χ3n) is 1.64. The van der Waals surface area contributed by atoms with Crippen molar-refractivity contribution in [3.05, 3.63) is 0 Å². The molecule has 88 valence electrons. The Labute approximate surface area is 87.5 Å². The van der Waals surface area contributed by atoms with Crippen molar-refractivity contribution < 1.29 is 29.6 Å². The lowest BCUT2D eigenvalue weighted by Crippen LogP contribution is -1.97. The molecule has 3 N–H and O–H groups in total. The van der Waals surface area contributed by atoms with E-state index in [4.69, 9.17) is 15.3 Å². The van der Waals surface area contributed by atoms with Crippen LogP contribution < -0.4 is 0 Å². The normalized spacial score (nSPS) is 17.5. The van der Waals surface area contributed by atoms with Crippen molar-refractivity contribution in [1.29, 1.82) is 0 Å². The Morgan fingerprint density at radius 2 is 1.53 bits per heavy atom. The van der Waals surface area contributed by atoms with Gasteiger partial charge in [0.05, 0.1) is 13.2 Å². The van der Waals surface area contributed by atoms with Crippen molar-refractivity contribution in [2.75, 3.05) is 13.2 Å². The highest BCUT2D eigenvalue weighted by molar-refractivity contribution is 5.67. The van der Waals surface area contributed by atoms with Gasteiger partial charge < -0.3 is 20.1 Å². The molecule has 1 aliphatic heterocycles. The van der Waals surface area contributed by atoms with Crippen molar-refractivity contribution in [3.63, 3.8) is 0 Å². The second-order valence-corrected chi connectivity index (χ2v) is 3.13. The molecule has 6 heteroatoms. The summed E-state index contributed by atoms with van der Waals surface area (Å²) in [5.41, 5.74) is 0. The summed E-state index contributed by atoms with van der Waals surface area (Å²) in [6, 6.07) is 0. The number of unbranched alkanes of at least 4 members (excludes halogenated alkanes) is 1. The second kappa shape index (κ2) is 8.19. The first-order valence-electron chi connectivity index (χ1n) is 4.72. The van der Waals surface area contributed by atoms with E-state index in [1.807, 2.05) is 0 Å². The molecule has 15 heavy (non-hydrogen) atoms. The van der Waals surface area contributed by atoms with Gasteiger partial charge in [0.2, 0.25) is 0 Å². The third kappa shape index (κ3) is 12.9. The Kier molecular flexibility index (Phi) is 7.57. The van der Waals surface area contributed by atoms with Gasteiger partial charge in [-0.1, -0.05) is 0 Å². The van der Waals surface area contributed by atoms with Gasteiger partial charge in [0.1, 0.15) is 6.10 Å². The maximum atomic E-state index is 9.90. The minimum atomic E-state index is -0.870. The van der Waals surface area contributed by atoms with Crippen LogP contribution in [-0.2, 0) is 14.3 Å². The first-order chi connectivity index (χ1) is 7.06. The van der Waals surface area contributed by atoms with E-state index < -0.39 is 11.9 Å². The van der Waals surface area contributed by atoms with Crippen LogP contribution >= 0.6 is 0 Å². The molecule has 1 heterocycles. The van der Waals surface area contributed by atoms with E-state index in [9.17, 15) is 9.59 Å². The minimum absolute atomic E-state index is 0.0628. The van der Waals surface area contributed by atoms with Crippen molar-refractivity contribution in [2.24, 2.45) is 0 Å². The first kappa shape index (κ1) is 13.9. The predicted octanol–water partition coefficient (Wildman–Crippen LogP) is 0.0935. The van der Waals surface area contributed by atoms with Gasteiger partial charge in [0.25, 0.3) is 0 Å². The molecule has 0 aromatic heterocycles. The van der Waals surface area contributed by atoms with Crippen molar-refractivity contribution >= 4 is 11.9 Å². The zero-order valence-electron chi connectivity index (χ0n) is 8.39. The van der Waals surface area contributed by atoms with Crippen LogP contribution in [0.3, 0.4) is 0 Å². The van der Waals surface area contributed by atoms with E-state index >= 15 is 0 Å². The quantitative estimate of drug-likeness (QED) is 0.432. The lowest BCUT2D eigenvalue weighted by Gasteiger charge is -1.92. The highest BCUT2D eigenvalue weighted by atomic mass is 16.6. The van der Waals surface area contributed by atoms with E-state index in [-0.39, 0.29) is 25.6 Å². The summed E-state index contributed by atoms with van der Waals surface area (Å²) in [5.74, 6) is -1.74. The SMILES string of the molecule is O=C(O)CCCCC(=O)O.OCC1CO1. The van der Waals surface area contributed by atoms with Crippen LogP contribution in [0.25, 0.3) is 0 Å². The number of carbonyl (C=O) groups is 2. The molecule has 0 bridgehead atoms. The fourth-order valence-corrected chi connectivity index (χ4v) is 0.726. The van der Waals surface area contributed by atoms with Gasteiger partial charge >= 0.3 is 11.9 Å². The summed E-state index contributed by atoms with van der Waals surface area (Å²) in [7, 11) is 0. The van der Waals surface area contributed by atoms with Gasteiger partial charge in [-0.05, 0) is 12.8 Å². The third-order valence-corrected chi connectivity index (χ3v) is 1.64. The molecule has 1 fully saturated rings. The fourth-order valence-electron chi connectivity index (χ4n) is 0.726. The molecular weight excluding hydrogens is 204 g/mol. The molecule has 1 rings (SSSR count). The summed E-state index contributed by atoms with van der Waals surface area (Å²) in [5, 5.41) is 24.3. The summed E-state index contributed by atoms with van der Waals surface area (Å²) >= 11 is 0. The first-order valence-corrected chi connectivity index (χ1v) is 4.72. The summed E-state index contributed by atoms with van der Waals surface area (Å²) in [6.45, 7) is 0.955. The molecule has 0 aliphatic carbocycles. The molecule has 1 aliphatic rings. The number of rotatable bonds is 6. The van der Waals surface area contributed by atoms with Crippen LogP contribution in [0.2, 0.25) is 0 Å². The molecule has 0 amide bonds. The highest BCUT2D eigenvalue weighted by Crippen LogP contribution is 2.04. The van der Waals surface area contributed by atoms with Gasteiger partial charge in [0.15, 0.2) is 0 Å². The largest absolute Gasteiger partial charge is 0.481 e. The summed E-state index contributed by atoms with van der Waals surface area (Å²) in [4.78, 5) is 19.8. The van der Waals surface area contributed by atoms with Crippen LogP contribution in [0.4, 0.5) is 0 Å². The molecule has 1 unspecified atom stereocenters. The number of epoxide rings is 1. The number of ether oxygens (including phenoxy) is 1. The van der Waals surface area contributed by atoms with Gasteiger partial charge in [-0.2, -0.15) is 0 Å². The van der Waals surface area contributed by atoms with E-state index in [1.54, 1.807) is 0 Å². The van der Waals surface area contributed by atoms with Crippen LogP contribution in [-0.4, -0.2) is 46.6 Å². The Morgan fingerprint density at radius 1 is 1.13 bits per heavy atom. The second-order valence-electron chi connectivity index (χ2n) is 3.13. The Balaban J connectivity index is 0.000000322. The van der Waals surface area contributed by atoms with Crippen molar-refractivity contribution in [2.45, 2.75) is 31.8 Å². The van der Waals surface area contributed by atoms with E-state index in [1.165, 1.54) is 0 Å². The lowest BCUT2D eigenvalue weighted by molar-refractivity contribution is -0.139. The van der Waals surface area contributed by atoms with E-state index in [2.05, 4.69) is 4.74 Å². The number of aliphatic carboxylic acids is 2. The molecule has 0 saturated carbocycles. The average Bonchev–Trinajstić information content (AvgIpc) is 2.96. The van der Waals surface area contributed by atoms with Crippen molar-refractivity contribution in [1.82, 2.24) is 0 Å². The summed E-state index contributed by atoms with van der Waals surface area (Å²) in [6.07, 6.45) is 1.21. The van der Waals surface area contributed by atoms with Crippen LogP contribution in [0.5, 0.6) is 0 Å². The van der Waals surface area contributed by atoms with E-state index in [0.717, 1.165) is 6.61 Å². The lowest BCUT2D eigenvalue weighted by atomic mass is 10.2. The maximum absolute atomic E-state index is 9.90. The summed E-state index contributed by atoms with van der Waals surface area (Å²) < 4.78 is 4.61. The monoisotopic (exact) mass is 220 g/mol. The van der Waals surface area contributed by atoms with Gasteiger partial charge in [-0.25, -0.2) is 0 Å². The van der Waals surface area contributed by atoms with Gasteiger partial charge in [-0.15, -0.1) is 0 Å². The molecule has 0 spiro atoms. The number of aliphatic hydroxyl groups is 1. The fraction of sp³-hybridized carbons (Fsp3) is 0.778. The molecule has 0 aromatic carbocycles. The topological polar surface area (TPSA) is 107 Å². The zero-order chi connectivity index (χ0) is 11.7. The Morgan fingerprint density at radius 3 is 1.67 bits per heavy atom. The van der Waals surface area contributed by atoms with Crippen LogP contribution in [0, 0.1) is 0 Å². The molecule has 1 saturated heterocycles. The molecule has 1 atom stereocenters. The molecule has 0 radical (unpaired) electrons. The number of carboxylic acid groups (broad SMARTS) is 2.